The first-order valence-corrected chi connectivity index (χ1v) is 12.0. The van der Waals surface area contributed by atoms with Gasteiger partial charge in [-0.3, -0.25) is 14.7 Å². The fourth-order valence-corrected chi connectivity index (χ4v) is 4.63. The summed E-state index contributed by atoms with van der Waals surface area (Å²) in [6, 6.07) is 8.89. The lowest BCUT2D eigenvalue weighted by Crippen LogP contribution is -2.53. The van der Waals surface area contributed by atoms with E-state index in [0.717, 1.165) is 51.0 Å². The van der Waals surface area contributed by atoms with Gasteiger partial charge in [-0.05, 0) is 23.6 Å². The third-order valence-electron chi connectivity index (χ3n) is 6.61. The van der Waals surface area contributed by atoms with Crippen molar-refractivity contribution in [2.45, 2.75) is 39.3 Å². The standard InChI is InChI=1S/C24H40N6O2.HI/c1-4-20(5-2)22(29-12-14-32-15-13-29)17-28-24(25-3)27-16-19-6-8-21(9-7-19)30-11-10-26-23(31)18-30;/h6-9,20,22H,4-5,10-18H2,1-3H3,(H,26,31)(H2,25,27,28);1H. The van der Waals surface area contributed by atoms with Gasteiger partial charge < -0.3 is 25.6 Å². The Balaban J connectivity index is 0.00000385. The zero-order valence-corrected chi connectivity index (χ0v) is 22.6. The number of carbonyl (C=O) groups excluding carboxylic acids is 1. The van der Waals surface area contributed by atoms with E-state index < -0.39 is 0 Å². The van der Waals surface area contributed by atoms with Gasteiger partial charge in [0.15, 0.2) is 5.96 Å². The molecule has 33 heavy (non-hydrogen) atoms. The van der Waals surface area contributed by atoms with E-state index in [4.69, 9.17) is 4.74 Å². The molecule has 3 rings (SSSR count). The molecule has 0 saturated carbocycles. The Labute approximate surface area is 215 Å². The molecule has 1 atom stereocenters. The molecule has 1 amide bonds. The number of amides is 1. The summed E-state index contributed by atoms with van der Waals surface area (Å²) >= 11 is 0. The number of benzene rings is 1. The molecule has 2 fully saturated rings. The number of rotatable bonds is 9. The zero-order valence-electron chi connectivity index (χ0n) is 20.3. The maximum Gasteiger partial charge on any atom is 0.239 e. The van der Waals surface area contributed by atoms with Crippen molar-refractivity contribution in [3.05, 3.63) is 29.8 Å². The first-order valence-electron chi connectivity index (χ1n) is 12.0. The number of halogens is 1. The Morgan fingerprint density at radius 2 is 1.82 bits per heavy atom. The van der Waals surface area contributed by atoms with Crippen molar-refractivity contribution >= 4 is 41.5 Å². The summed E-state index contributed by atoms with van der Waals surface area (Å²) in [5.41, 5.74) is 2.27. The Morgan fingerprint density at radius 3 is 2.42 bits per heavy atom. The van der Waals surface area contributed by atoms with E-state index in [9.17, 15) is 4.79 Å². The Hall–Kier alpha value is -1.59. The number of nitrogens with zero attached hydrogens (tertiary/aromatic N) is 3. The second-order valence-electron chi connectivity index (χ2n) is 8.54. The highest BCUT2D eigenvalue weighted by molar-refractivity contribution is 14.0. The van der Waals surface area contributed by atoms with E-state index >= 15 is 0 Å². The molecule has 1 unspecified atom stereocenters. The van der Waals surface area contributed by atoms with Crippen LogP contribution in [0.2, 0.25) is 0 Å². The van der Waals surface area contributed by atoms with Gasteiger partial charge in [-0.15, -0.1) is 24.0 Å². The molecule has 0 radical (unpaired) electrons. The van der Waals surface area contributed by atoms with Crippen LogP contribution in [0.5, 0.6) is 0 Å². The van der Waals surface area contributed by atoms with Crippen molar-refractivity contribution in [1.82, 2.24) is 20.9 Å². The number of hydrogen-bond donors (Lipinski definition) is 3. The summed E-state index contributed by atoms with van der Waals surface area (Å²) in [6.45, 7) is 11.8. The molecule has 2 saturated heterocycles. The minimum atomic E-state index is 0. The van der Waals surface area contributed by atoms with Crippen molar-refractivity contribution in [1.29, 1.82) is 0 Å². The molecule has 2 heterocycles. The molecule has 8 nitrogen and oxygen atoms in total. The molecule has 0 aliphatic carbocycles. The highest BCUT2D eigenvalue weighted by Gasteiger charge is 2.27. The lowest BCUT2D eigenvalue weighted by Gasteiger charge is -2.39. The molecule has 9 heteroatoms. The van der Waals surface area contributed by atoms with Gasteiger partial charge in [0.2, 0.25) is 5.91 Å². The van der Waals surface area contributed by atoms with Crippen molar-refractivity contribution in [2.75, 3.05) is 64.4 Å². The first kappa shape index (κ1) is 27.7. The third kappa shape index (κ3) is 8.29. The average molecular weight is 573 g/mol. The Morgan fingerprint density at radius 1 is 1.12 bits per heavy atom. The number of piperazine rings is 1. The molecular formula is C24H41IN6O2. The predicted octanol–water partition coefficient (Wildman–Crippen LogP) is 2.04. The second kappa shape index (κ2) is 14.6. The van der Waals surface area contributed by atoms with Gasteiger partial charge in [0, 0.05) is 58.0 Å². The number of carbonyl (C=O) groups is 1. The molecule has 3 N–H and O–H groups in total. The summed E-state index contributed by atoms with van der Waals surface area (Å²) in [5, 5.41) is 9.87. The Bertz CT molecular complexity index is 735. The molecule has 1 aromatic carbocycles. The van der Waals surface area contributed by atoms with Gasteiger partial charge in [-0.1, -0.05) is 38.8 Å². The van der Waals surface area contributed by atoms with Crippen LogP contribution in [0.15, 0.2) is 29.3 Å². The van der Waals surface area contributed by atoms with Gasteiger partial charge in [0.25, 0.3) is 0 Å². The van der Waals surface area contributed by atoms with E-state index in [1.165, 1.54) is 18.4 Å². The number of aliphatic imine (C=N–C) groups is 1. The third-order valence-corrected chi connectivity index (χ3v) is 6.61. The average Bonchev–Trinajstić information content (AvgIpc) is 2.84. The van der Waals surface area contributed by atoms with E-state index in [1.807, 2.05) is 7.05 Å². The minimum absolute atomic E-state index is 0. The molecule has 2 aliphatic heterocycles. The van der Waals surface area contributed by atoms with Crippen molar-refractivity contribution < 1.29 is 9.53 Å². The number of hydrogen-bond acceptors (Lipinski definition) is 5. The quantitative estimate of drug-likeness (QED) is 0.239. The maximum atomic E-state index is 11.6. The van der Waals surface area contributed by atoms with Gasteiger partial charge in [-0.25, -0.2) is 0 Å². The van der Waals surface area contributed by atoms with Gasteiger partial charge in [-0.2, -0.15) is 0 Å². The monoisotopic (exact) mass is 572 g/mol. The van der Waals surface area contributed by atoms with Gasteiger partial charge in [0.05, 0.1) is 19.8 Å². The molecule has 2 aliphatic rings. The highest BCUT2D eigenvalue weighted by Crippen LogP contribution is 2.20. The largest absolute Gasteiger partial charge is 0.379 e. The highest BCUT2D eigenvalue weighted by atomic mass is 127. The van der Waals surface area contributed by atoms with Crippen LogP contribution < -0.4 is 20.9 Å². The lowest BCUT2D eigenvalue weighted by atomic mass is 9.92. The number of anilines is 1. The summed E-state index contributed by atoms with van der Waals surface area (Å²) in [4.78, 5) is 20.7. The van der Waals surface area contributed by atoms with Gasteiger partial charge in [0.1, 0.15) is 0 Å². The Kier molecular flexibility index (Phi) is 12.3. The summed E-state index contributed by atoms with van der Waals surface area (Å²) in [6.07, 6.45) is 2.36. The summed E-state index contributed by atoms with van der Waals surface area (Å²) in [5.74, 6) is 1.56. The van der Waals surface area contributed by atoms with Crippen LogP contribution in [0, 0.1) is 5.92 Å². The molecule has 0 bridgehead atoms. The molecule has 0 aromatic heterocycles. The van der Waals surface area contributed by atoms with E-state index in [0.29, 0.717) is 31.6 Å². The first-order chi connectivity index (χ1) is 15.6. The SMILES string of the molecule is CCC(CC)C(CNC(=NC)NCc1ccc(N2CCNC(=O)C2)cc1)N1CCOCC1.I. The number of morpholine rings is 1. The zero-order chi connectivity index (χ0) is 22.8. The van der Waals surface area contributed by atoms with E-state index in [1.54, 1.807) is 0 Å². The maximum absolute atomic E-state index is 11.6. The number of ether oxygens (including phenoxy) is 1. The van der Waals surface area contributed by atoms with Crippen LogP contribution >= 0.6 is 24.0 Å². The molecular weight excluding hydrogens is 531 g/mol. The number of nitrogens with one attached hydrogen (secondary N) is 3. The molecule has 1 aromatic rings. The number of guanidine groups is 1. The van der Waals surface area contributed by atoms with E-state index in [2.05, 4.69) is 68.9 Å². The van der Waals surface area contributed by atoms with Crippen LogP contribution in [0.1, 0.15) is 32.3 Å². The topological polar surface area (TPSA) is 81.2 Å². The fourth-order valence-electron chi connectivity index (χ4n) is 4.63. The van der Waals surface area contributed by atoms with E-state index in [-0.39, 0.29) is 29.9 Å². The fraction of sp³-hybridized carbons (Fsp3) is 0.667. The van der Waals surface area contributed by atoms with Crippen LogP contribution in [0.4, 0.5) is 5.69 Å². The molecule has 0 spiro atoms. The van der Waals surface area contributed by atoms with Crippen LogP contribution in [0.3, 0.4) is 0 Å². The summed E-state index contributed by atoms with van der Waals surface area (Å²) in [7, 11) is 1.82. The van der Waals surface area contributed by atoms with Crippen molar-refractivity contribution in [3.63, 3.8) is 0 Å². The molecule has 186 valence electrons. The lowest BCUT2D eigenvalue weighted by molar-refractivity contribution is -0.120. The predicted molar refractivity (Wildman–Crippen MR) is 146 cm³/mol. The minimum Gasteiger partial charge on any atom is -0.379 e. The second-order valence-corrected chi connectivity index (χ2v) is 8.54. The van der Waals surface area contributed by atoms with Crippen molar-refractivity contribution in [2.24, 2.45) is 10.9 Å². The van der Waals surface area contributed by atoms with Crippen LogP contribution in [0.25, 0.3) is 0 Å². The van der Waals surface area contributed by atoms with Gasteiger partial charge >= 0.3 is 0 Å². The summed E-state index contributed by atoms with van der Waals surface area (Å²) < 4.78 is 5.56. The van der Waals surface area contributed by atoms with Crippen molar-refractivity contribution in [3.8, 4) is 0 Å². The normalized spacial score (nSPS) is 18.5. The van der Waals surface area contributed by atoms with Crippen LogP contribution in [-0.4, -0.2) is 82.3 Å². The van der Waals surface area contributed by atoms with Crippen LogP contribution in [-0.2, 0) is 16.1 Å². The smallest absolute Gasteiger partial charge is 0.239 e.